The van der Waals surface area contributed by atoms with Crippen LogP contribution in [0.2, 0.25) is 0 Å². The molecule has 0 bridgehead atoms. The summed E-state index contributed by atoms with van der Waals surface area (Å²) in [6.45, 7) is 5.92. The topological polar surface area (TPSA) is 131 Å². The number of imidazole rings is 1. The van der Waals surface area contributed by atoms with Crippen LogP contribution in [0.5, 0.6) is 5.75 Å². The number of nitrogens with two attached hydrogens (primary N) is 1. The van der Waals surface area contributed by atoms with Crippen molar-refractivity contribution in [2.24, 2.45) is 5.92 Å². The van der Waals surface area contributed by atoms with Crippen molar-refractivity contribution in [2.75, 3.05) is 11.1 Å². The van der Waals surface area contributed by atoms with Crippen LogP contribution in [-0.2, 0) is 16.6 Å². The molecule has 0 spiro atoms. The molecule has 3 aromatic heterocycles. The Kier molecular flexibility index (Phi) is 4.96. The van der Waals surface area contributed by atoms with Crippen LogP contribution >= 0.6 is 0 Å². The molecule has 4 N–H and O–H groups in total. The molecule has 0 unspecified atom stereocenters. The lowest BCUT2D eigenvalue weighted by molar-refractivity contribution is -0.119. The number of phenols is 1. The summed E-state index contributed by atoms with van der Waals surface area (Å²) in [5.74, 6) is -0.640. The summed E-state index contributed by atoms with van der Waals surface area (Å²) in [5, 5.41) is 12.3. The Labute approximate surface area is 194 Å². The molecular weight excluding hydrogens is 437 g/mol. The van der Waals surface area contributed by atoms with Gasteiger partial charge in [0.15, 0.2) is 23.0 Å². The van der Waals surface area contributed by atoms with Gasteiger partial charge in [-0.15, -0.1) is 0 Å². The smallest absolute Gasteiger partial charge is 0.240 e. The molecule has 1 aliphatic heterocycles. The molecule has 34 heavy (non-hydrogen) atoms. The zero-order valence-electron chi connectivity index (χ0n) is 19.0. The maximum atomic E-state index is 14.1. The molecular formula is C24H24FN7O2. The van der Waals surface area contributed by atoms with E-state index in [2.05, 4.69) is 34.1 Å². The molecule has 1 atom stereocenters. The van der Waals surface area contributed by atoms with Crippen LogP contribution in [0.15, 0.2) is 36.8 Å². The fourth-order valence-corrected chi connectivity index (χ4v) is 4.31. The molecule has 0 saturated carbocycles. The van der Waals surface area contributed by atoms with Gasteiger partial charge in [-0.25, -0.2) is 24.3 Å². The molecule has 1 aromatic carbocycles. The van der Waals surface area contributed by atoms with E-state index in [9.17, 15) is 14.3 Å². The van der Waals surface area contributed by atoms with Crippen LogP contribution in [0.1, 0.15) is 44.0 Å². The number of nitrogen functional groups attached to an aromatic ring is 1. The van der Waals surface area contributed by atoms with Crippen LogP contribution in [0.3, 0.4) is 0 Å². The number of hydrogen-bond acceptors (Lipinski definition) is 7. The normalized spacial score (nSPS) is 17.4. The maximum absolute atomic E-state index is 14.1. The lowest BCUT2D eigenvalue weighted by Gasteiger charge is -2.23. The van der Waals surface area contributed by atoms with E-state index in [0.717, 1.165) is 30.2 Å². The molecule has 0 aliphatic carbocycles. The fraction of sp³-hybridized carbons (Fsp3) is 0.292. The average molecular weight is 462 g/mol. The van der Waals surface area contributed by atoms with E-state index in [1.807, 2.05) is 10.6 Å². The van der Waals surface area contributed by atoms with Crippen molar-refractivity contribution in [3.63, 3.8) is 0 Å². The summed E-state index contributed by atoms with van der Waals surface area (Å²) >= 11 is 0. The number of aryl methyl sites for hydroxylation is 1. The number of carbonyl (C=O) groups is 1. The van der Waals surface area contributed by atoms with Gasteiger partial charge in [0, 0.05) is 18.6 Å². The number of phenolic OH excluding ortho intramolecular Hbond substituents is 1. The van der Waals surface area contributed by atoms with E-state index in [0.29, 0.717) is 22.7 Å². The van der Waals surface area contributed by atoms with Crippen molar-refractivity contribution in [1.82, 2.24) is 24.3 Å². The Balaban J connectivity index is 1.62. The highest BCUT2D eigenvalue weighted by Gasteiger charge is 2.48. The Morgan fingerprint density at radius 2 is 2.06 bits per heavy atom. The van der Waals surface area contributed by atoms with Gasteiger partial charge in [-0.1, -0.05) is 19.9 Å². The van der Waals surface area contributed by atoms with Crippen LogP contribution in [0, 0.1) is 11.7 Å². The van der Waals surface area contributed by atoms with Gasteiger partial charge in [-0.05, 0) is 43.4 Å². The molecule has 1 amide bonds. The predicted octanol–water partition coefficient (Wildman–Crippen LogP) is 3.46. The van der Waals surface area contributed by atoms with Crippen molar-refractivity contribution in [3.8, 4) is 17.3 Å². The SMILES string of the molecule is CC(C)CCc1nc(-c2nc(N)c3c(n2)NC(=O)[C@]3(C)c2ccc(O)c(F)c2)cn2ccnc12. The van der Waals surface area contributed by atoms with E-state index in [1.165, 1.54) is 12.1 Å². The van der Waals surface area contributed by atoms with Gasteiger partial charge in [-0.2, -0.15) is 0 Å². The average Bonchev–Trinajstić information content (AvgIpc) is 3.36. The summed E-state index contributed by atoms with van der Waals surface area (Å²) in [7, 11) is 0. The first kappa shape index (κ1) is 21.7. The summed E-state index contributed by atoms with van der Waals surface area (Å²) < 4.78 is 16.0. The van der Waals surface area contributed by atoms with E-state index in [1.54, 1.807) is 19.3 Å². The highest BCUT2D eigenvalue weighted by molar-refractivity contribution is 6.09. The zero-order valence-corrected chi connectivity index (χ0v) is 19.0. The Morgan fingerprint density at radius 1 is 1.26 bits per heavy atom. The van der Waals surface area contributed by atoms with Crippen LogP contribution < -0.4 is 11.1 Å². The van der Waals surface area contributed by atoms with Crippen molar-refractivity contribution < 1.29 is 14.3 Å². The molecule has 1 aliphatic rings. The number of fused-ring (bicyclic) bond motifs is 2. The van der Waals surface area contributed by atoms with E-state index < -0.39 is 22.9 Å². The van der Waals surface area contributed by atoms with Crippen molar-refractivity contribution in [3.05, 3.63) is 59.4 Å². The number of halogens is 1. The molecule has 0 saturated heterocycles. The lowest BCUT2D eigenvalue weighted by Crippen LogP contribution is -2.33. The number of carbonyl (C=O) groups excluding carboxylic acids is 1. The Bertz CT molecular complexity index is 1450. The second-order valence-corrected chi connectivity index (χ2v) is 9.06. The molecule has 0 radical (unpaired) electrons. The minimum Gasteiger partial charge on any atom is -0.505 e. The first-order valence-corrected chi connectivity index (χ1v) is 11.0. The third kappa shape index (κ3) is 3.33. The summed E-state index contributed by atoms with van der Waals surface area (Å²) in [4.78, 5) is 31.3. The molecule has 174 valence electrons. The first-order valence-electron chi connectivity index (χ1n) is 11.0. The lowest BCUT2D eigenvalue weighted by atomic mass is 9.77. The monoisotopic (exact) mass is 461 g/mol. The second-order valence-electron chi connectivity index (χ2n) is 9.06. The molecule has 9 nitrogen and oxygen atoms in total. The minimum absolute atomic E-state index is 0.0885. The molecule has 10 heteroatoms. The van der Waals surface area contributed by atoms with Gasteiger partial charge in [0.2, 0.25) is 5.91 Å². The number of rotatable bonds is 5. The van der Waals surface area contributed by atoms with Gasteiger partial charge < -0.3 is 20.6 Å². The standard InChI is InChI=1S/C24H24FN7O2/c1-12(2)4-6-15-22-27-8-9-32(22)11-16(28-15)20-29-19(26)18-21(30-20)31-23(34)24(18,3)13-5-7-17(33)14(25)10-13/h5,7-12,33H,4,6H2,1-3H3,(H3,26,29,30,31,34)/t24-/m1/s1. The van der Waals surface area contributed by atoms with Crippen molar-refractivity contribution in [1.29, 1.82) is 0 Å². The number of nitrogens with zero attached hydrogens (tertiary/aromatic N) is 5. The number of aromatic nitrogens is 5. The van der Waals surface area contributed by atoms with Gasteiger partial charge >= 0.3 is 0 Å². The number of benzene rings is 1. The van der Waals surface area contributed by atoms with Gasteiger partial charge in [0.25, 0.3) is 0 Å². The van der Waals surface area contributed by atoms with E-state index in [-0.39, 0.29) is 17.5 Å². The third-order valence-corrected chi connectivity index (χ3v) is 6.28. The van der Waals surface area contributed by atoms with Crippen molar-refractivity contribution in [2.45, 2.75) is 39.0 Å². The summed E-state index contributed by atoms with van der Waals surface area (Å²) in [6.07, 6.45) is 7.00. The maximum Gasteiger partial charge on any atom is 0.240 e. The number of amides is 1. The number of nitrogens with one attached hydrogen (secondary N) is 1. The molecule has 0 fully saturated rings. The van der Waals surface area contributed by atoms with Crippen LogP contribution in [0.25, 0.3) is 17.2 Å². The second kappa shape index (κ2) is 7.75. The summed E-state index contributed by atoms with van der Waals surface area (Å²) in [5.41, 5.74) is 7.81. The van der Waals surface area contributed by atoms with Gasteiger partial charge in [-0.3, -0.25) is 4.79 Å². The van der Waals surface area contributed by atoms with Crippen LogP contribution in [0.4, 0.5) is 16.0 Å². The Morgan fingerprint density at radius 3 is 2.79 bits per heavy atom. The Hall–Kier alpha value is -4.08. The number of anilines is 2. The van der Waals surface area contributed by atoms with Gasteiger partial charge in [0.1, 0.15) is 22.7 Å². The predicted molar refractivity (Wildman–Crippen MR) is 125 cm³/mol. The quantitative estimate of drug-likeness (QED) is 0.415. The highest BCUT2D eigenvalue weighted by atomic mass is 19.1. The first-order chi connectivity index (χ1) is 16.2. The zero-order chi connectivity index (χ0) is 24.2. The van der Waals surface area contributed by atoms with E-state index >= 15 is 0 Å². The van der Waals surface area contributed by atoms with Crippen LogP contribution in [-0.4, -0.2) is 35.4 Å². The molecule has 4 aromatic rings. The van der Waals surface area contributed by atoms with Crippen molar-refractivity contribution >= 4 is 23.2 Å². The largest absolute Gasteiger partial charge is 0.505 e. The number of aromatic hydroxyl groups is 1. The fourth-order valence-electron chi connectivity index (χ4n) is 4.31. The molecule has 4 heterocycles. The number of hydrogen-bond donors (Lipinski definition) is 3. The third-order valence-electron chi connectivity index (χ3n) is 6.28. The minimum atomic E-state index is -1.32. The molecule has 5 rings (SSSR count). The summed E-state index contributed by atoms with van der Waals surface area (Å²) in [6, 6.07) is 3.80. The highest BCUT2D eigenvalue weighted by Crippen LogP contribution is 2.45. The van der Waals surface area contributed by atoms with E-state index in [4.69, 9.17) is 10.7 Å². The van der Waals surface area contributed by atoms with Gasteiger partial charge in [0.05, 0.1) is 11.3 Å².